The lowest BCUT2D eigenvalue weighted by molar-refractivity contribution is 0.150. The molecule has 3 aliphatic rings. The largest absolute Gasteiger partial charge is 0.389 e. The topological polar surface area (TPSA) is 42.0 Å². The normalized spacial score (nSPS) is 43.6. The summed E-state index contributed by atoms with van der Waals surface area (Å²) in [6.07, 6.45) is 9.09. The van der Waals surface area contributed by atoms with Crippen molar-refractivity contribution in [2.75, 3.05) is 6.61 Å². The van der Waals surface area contributed by atoms with Crippen molar-refractivity contribution >= 4 is 0 Å². The van der Waals surface area contributed by atoms with Gasteiger partial charge in [0, 0.05) is 6.42 Å². The Morgan fingerprint density at radius 3 is 2.61 bits per heavy atom. The van der Waals surface area contributed by atoms with Gasteiger partial charge in [-0.25, -0.2) is 0 Å². The molecule has 1 aliphatic carbocycles. The molecule has 2 heterocycles. The van der Waals surface area contributed by atoms with E-state index in [1.165, 1.54) is 22.3 Å². The number of ether oxygens (including phenoxy) is 2. The minimum absolute atomic E-state index is 0.141. The molecule has 3 nitrogen and oxygen atoms in total. The van der Waals surface area contributed by atoms with Gasteiger partial charge in [0.05, 0.1) is 30.5 Å². The summed E-state index contributed by atoms with van der Waals surface area (Å²) < 4.78 is 11.8. The van der Waals surface area contributed by atoms with Crippen LogP contribution in [-0.4, -0.2) is 35.6 Å². The lowest BCUT2D eigenvalue weighted by Gasteiger charge is -2.16. The standard InChI is InChI=1S/C20H30O3/c1-13-5-7-17-15(3)12-22-18(17)10-14(2)6-8-19-20(4,23-19)11-16(21)9-13/h9-10,16,18-19,21H,5-8,11-12H2,1-4H3/b13-9-,14-10-/t16-,18-,19+,20+/m1/s1. The molecule has 0 radical (unpaired) electrons. The van der Waals surface area contributed by atoms with E-state index < -0.39 is 6.10 Å². The molecule has 3 heteroatoms. The van der Waals surface area contributed by atoms with Gasteiger partial charge in [0.2, 0.25) is 0 Å². The summed E-state index contributed by atoms with van der Waals surface area (Å²) in [4.78, 5) is 0. The van der Waals surface area contributed by atoms with Crippen molar-refractivity contribution in [1.29, 1.82) is 0 Å². The molecule has 4 atom stereocenters. The van der Waals surface area contributed by atoms with Gasteiger partial charge in [0.15, 0.2) is 0 Å². The van der Waals surface area contributed by atoms with Gasteiger partial charge in [-0.1, -0.05) is 23.3 Å². The first-order valence-electron chi connectivity index (χ1n) is 8.88. The fraction of sp³-hybridized carbons (Fsp3) is 0.700. The van der Waals surface area contributed by atoms with Crippen molar-refractivity contribution < 1.29 is 14.6 Å². The summed E-state index contributed by atoms with van der Waals surface area (Å²) in [6, 6.07) is 0. The van der Waals surface area contributed by atoms with E-state index in [0.29, 0.717) is 6.42 Å². The SMILES string of the molecule is CC1=C2CC/C(C)=C\[C@@H](O)C[C@]3(C)O[C@H]3CC/C(C)=C\[C@H]2OC1. The van der Waals surface area contributed by atoms with Crippen molar-refractivity contribution in [3.63, 3.8) is 0 Å². The number of aliphatic hydroxyl groups is 1. The highest BCUT2D eigenvalue weighted by molar-refractivity contribution is 5.29. The summed E-state index contributed by atoms with van der Waals surface area (Å²) in [6.45, 7) is 9.36. The van der Waals surface area contributed by atoms with E-state index in [9.17, 15) is 5.11 Å². The second-order valence-corrected chi connectivity index (χ2v) is 7.79. The highest BCUT2D eigenvalue weighted by Crippen LogP contribution is 2.44. The van der Waals surface area contributed by atoms with Crippen LogP contribution >= 0.6 is 0 Å². The Labute approximate surface area is 140 Å². The quantitative estimate of drug-likeness (QED) is 0.540. The second kappa shape index (κ2) is 6.54. The maximum absolute atomic E-state index is 10.3. The molecule has 0 aromatic rings. The van der Waals surface area contributed by atoms with E-state index in [-0.39, 0.29) is 17.8 Å². The van der Waals surface area contributed by atoms with E-state index in [1.54, 1.807) is 0 Å². The molecule has 0 unspecified atom stereocenters. The van der Waals surface area contributed by atoms with Crippen molar-refractivity contribution in [2.24, 2.45) is 0 Å². The average Bonchev–Trinajstić information content (AvgIpc) is 2.97. The summed E-state index contributed by atoms with van der Waals surface area (Å²) in [5.41, 5.74) is 5.28. The van der Waals surface area contributed by atoms with Gasteiger partial charge in [0.1, 0.15) is 0 Å². The summed E-state index contributed by atoms with van der Waals surface area (Å²) >= 11 is 0. The Balaban J connectivity index is 1.80. The zero-order valence-electron chi connectivity index (χ0n) is 14.9. The zero-order valence-corrected chi connectivity index (χ0v) is 14.9. The molecule has 1 saturated heterocycles. The van der Waals surface area contributed by atoms with E-state index in [4.69, 9.17) is 9.47 Å². The third kappa shape index (κ3) is 3.96. The molecule has 2 aliphatic heterocycles. The van der Waals surface area contributed by atoms with Crippen LogP contribution in [0.4, 0.5) is 0 Å². The molecular weight excluding hydrogens is 288 g/mol. The van der Waals surface area contributed by atoms with Crippen LogP contribution in [0.2, 0.25) is 0 Å². The van der Waals surface area contributed by atoms with Crippen molar-refractivity contribution in [3.05, 3.63) is 34.4 Å². The molecule has 23 heavy (non-hydrogen) atoms. The van der Waals surface area contributed by atoms with Gasteiger partial charge in [-0.3, -0.25) is 0 Å². The predicted octanol–water partition coefficient (Wildman–Crippen LogP) is 4.08. The number of allylic oxidation sites excluding steroid dienone is 2. The molecule has 3 rings (SSSR count). The van der Waals surface area contributed by atoms with E-state index in [0.717, 1.165) is 32.3 Å². The summed E-state index contributed by atoms with van der Waals surface area (Å²) in [5.74, 6) is 0. The van der Waals surface area contributed by atoms with Gasteiger partial charge >= 0.3 is 0 Å². The first-order chi connectivity index (χ1) is 10.9. The second-order valence-electron chi connectivity index (χ2n) is 7.79. The molecule has 0 saturated carbocycles. The Hall–Kier alpha value is -0.900. The van der Waals surface area contributed by atoms with Crippen LogP contribution in [0.3, 0.4) is 0 Å². The van der Waals surface area contributed by atoms with E-state index >= 15 is 0 Å². The molecule has 0 spiro atoms. The predicted molar refractivity (Wildman–Crippen MR) is 92.3 cm³/mol. The van der Waals surface area contributed by atoms with Gasteiger partial charge in [-0.2, -0.15) is 0 Å². The van der Waals surface area contributed by atoms with Crippen molar-refractivity contribution in [1.82, 2.24) is 0 Å². The third-order valence-electron chi connectivity index (χ3n) is 5.52. The number of hydrogen-bond donors (Lipinski definition) is 1. The van der Waals surface area contributed by atoms with Crippen LogP contribution in [0, 0.1) is 0 Å². The Morgan fingerprint density at radius 2 is 1.83 bits per heavy atom. The highest BCUT2D eigenvalue weighted by atomic mass is 16.6. The molecular formula is C20H30O3. The number of rotatable bonds is 0. The molecule has 0 aromatic heterocycles. The van der Waals surface area contributed by atoms with Gasteiger partial charge < -0.3 is 14.6 Å². The monoisotopic (exact) mass is 318 g/mol. The van der Waals surface area contributed by atoms with Crippen LogP contribution in [-0.2, 0) is 9.47 Å². The molecule has 1 fully saturated rings. The van der Waals surface area contributed by atoms with Crippen LogP contribution < -0.4 is 0 Å². The fourth-order valence-electron chi connectivity index (χ4n) is 3.91. The minimum atomic E-state index is -0.407. The molecule has 1 N–H and O–H groups in total. The van der Waals surface area contributed by atoms with Crippen LogP contribution in [0.5, 0.6) is 0 Å². The number of hydrogen-bond acceptors (Lipinski definition) is 3. The van der Waals surface area contributed by atoms with Crippen molar-refractivity contribution in [3.8, 4) is 0 Å². The van der Waals surface area contributed by atoms with Gasteiger partial charge in [-0.05, 0) is 64.5 Å². The maximum atomic E-state index is 10.3. The maximum Gasteiger partial charge on any atom is 0.0977 e. The number of fused-ring (bicyclic) bond motifs is 2. The van der Waals surface area contributed by atoms with Crippen LogP contribution in [0.15, 0.2) is 34.4 Å². The Morgan fingerprint density at radius 1 is 1.09 bits per heavy atom. The molecule has 128 valence electrons. The van der Waals surface area contributed by atoms with Crippen LogP contribution in [0.1, 0.15) is 59.8 Å². The van der Waals surface area contributed by atoms with E-state index in [2.05, 4.69) is 33.8 Å². The van der Waals surface area contributed by atoms with Crippen molar-refractivity contribution in [2.45, 2.75) is 83.7 Å². The smallest absolute Gasteiger partial charge is 0.0977 e. The molecule has 0 aromatic carbocycles. The molecule has 0 bridgehead atoms. The number of aliphatic hydroxyl groups excluding tert-OH is 1. The van der Waals surface area contributed by atoms with E-state index in [1.807, 2.05) is 6.08 Å². The summed E-state index contributed by atoms with van der Waals surface area (Å²) in [7, 11) is 0. The average molecular weight is 318 g/mol. The first-order valence-corrected chi connectivity index (χ1v) is 8.88. The molecule has 0 amide bonds. The zero-order chi connectivity index (χ0) is 16.6. The highest BCUT2D eigenvalue weighted by Gasteiger charge is 2.52. The minimum Gasteiger partial charge on any atom is -0.389 e. The lowest BCUT2D eigenvalue weighted by atomic mass is 9.92. The Kier molecular flexibility index (Phi) is 4.82. The fourth-order valence-corrected chi connectivity index (χ4v) is 3.91. The first kappa shape index (κ1) is 16.9. The van der Waals surface area contributed by atoms with Gasteiger partial charge in [-0.15, -0.1) is 0 Å². The third-order valence-corrected chi connectivity index (χ3v) is 5.52. The lowest BCUT2D eigenvalue weighted by Crippen LogP contribution is -2.19. The Bertz CT molecular complexity index is 557. The van der Waals surface area contributed by atoms with Crippen LogP contribution in [0.25, 0.3) is 0 Å². The summed E-state index contributed by atoms with van der Waals surface area (Å²) in [5, 5.41) is 10.3. The number of epoxide rings is 1. The van der Waals surface area contributed by atoms with Gasteiger partial charge in [0.25, 0.3) is 0 Å².